The van der Waals surface area contributed by atoms with Crippen LogP contribution in [0.2, 0.25) is 0 Å². The third-order valence-electron chi connectivity index (χ3n) is 4.46. The lowest BCUT2D eigenvalue weighted by Gasteiger charge is -2.29. The molecular formula is C19H28N4O. The molecule has 0 bridgehead atoms. The molecule has 0 aliphatic heterocycles. The van der Waals surface area contributed by atoms with Gasteiger partial charge in [-0.2, -0.15) is 5.10 Å². The van der Waals surface area contributed by atoms with Gasteiger partial charge >= 0.3 is 0 Å². The van der Waals surface area contributed by atoms with Crippen molar-refractivity contribution in [3.05, 3.63) is 52.3 Å². The van der Waals surface area contributed by atoms with E-state index in [1.165, 1.54) is 11.1 Å². The maximum Gasteiger partial charge on any atom is 0.244 e. The van der Waals surface area contributed by atoms with Gasteiger partial charge in [-0.25, -0.2) is 0 Å². The van der Waals surface area contributed by atoms with Crippen LogP contribution in [0, 0.1) is 20.8 Å². The van der Waals surface area contributed by atoms with Crippen molar-refractivity contribution in [3.63, 3.8) is 0 Å². The quantitative estimate of drug-likeness (QED) is 0.887. The smallest absolute Gasteiger partial charge is 0.244 e. The van der Waals surface area contributed by atoms with Gasteiger partial charge in [0.2, 0.25) is 5.91 Å². The number of hydrogen-bond donors (Lipinski definition) is 1. The highest BCUT2D eigenvalue weighted by Gasteiger charge is 2.26. The van der Waals surface area contributed by atoms with Gasteiger partial charge in [-0.05, 0) is 52.4 Å². The van der Waals surface area contributed by atoms with E-state index in [2.05, 4.69) is 29.3 Å². The van der Waals surface area contributed by atoms with Crippen LogP contribution in [0.25, 0.3) is 0 Å². The summed E-state index contributed by atoms with van der Waals surface area (Å²) in [5.41, 5.74) is 5.49. The van der Waals surface area contributed by atoms with Crippen molar-refractivity contribution in [1.82, 2.24) is 20.0 Å². The number of rotatable bonds is 6. The number of carbonyl (C=O) groups is 1. The third-order valence-corrected chi connectivity index (χ3v) is 4.46. The molecule has 2 rings (SSSR count). The molecule has 5 heteroatoms. The number of likely N-dealkylation sites (N-methyl/N-ethyl adjacent to an activating group) is 2. The van der Waals surface area contributed by atoms with Gasteiger partial charge in [-0.15, -0.1) is 0 Å². The summed E-state index contributed by atoms with van der Waals surface area (Å²) in [5.74, 6) is 0.115. The summed E-state index contributed by atoms with van der Waals surface area (Å²) in [7, 11) is 5.77. The van der Waals surface area contributed by atoms with Crippen LogP contribution in [0.5, 0.6) is 0 Å². The lowest BCUT2D eigenvalue weighted by molar-refractivity contribution is -0.135. The molecule has 0 saturated heterocycles. The Morgan fingerprint density at radius 1 is 1.21 bits per heavy atom. The molecule has 1 N–H and O–H groups in total. The molecule has 1 aromatic carbocycles. The SMILES string of the molecule is Cc1cccc([C@H](C(=O)N(C)CCc2c(C)n[nH]c2C)N(C)C)c1. The number of aromatic amines is 1. The zero-order valence-corrected chi connectivity index (χ0v) is 15.6. The fourth-order valence-corrected chi connectivity index (χ4v) is 3.04. The number of aryl methyl sites for hydroxylation is 3. The second-order valence-corrected chi connectivity index (χ2v) is 6.70. The van der Waals surface area contributed by atoms with E-state index in [1.807, 2.05) is 56.9 Å². The summed E-state index contributed by atoms with van der Waals surface area (Å²) in [6.07, 6.45) is 0.810. The Bertz CT molecular complexity index is 686. The molecule has 0 fully saturated rings. The van der Waals surface area contributed by atoms with E-state index in [0.29, 0.717) is 6.54 Å². The zero-order valence-electron chi connectivity index (χ0n) is 15.6. The normalized spacial score (nSPS) is 12.5. The maximum atomic E-state index is 13.0. The molecule has 5 nitrogen and oxygen atoms in total. The Kier molecular flexibility index (Phi) is 5.78. The van der Waals surface area contributed by atoms with Crippen molar-refractivity contribution in [1.29, 1.82) is 0 Å². The van der Waals surface area contributed by atoms with Crippen LogP contribution >= 0.6 is 0 Å². The van der Waals surface area contributed by atoms with Crippen molar-refractivity contribution >= 4 is 5.91 Å². The minimum absolute atomic E-state index is 0.115. The van der Waals surface area contributed by atoms with Crippen LogP contribution in [0.3, 0.4) is 0 Å². The lowest BCUT2D eigenvalue weighted by Crippen LogP contribution is -2.39. The molecule has 0 aliphatic carbocycles. The molecule has 1 atom stereocenters. The van der Waals surface area contributed by atoms with Gasteiger partial charge in [0.05, 0.1) is 5.69 Å². The van der Waals surface area contributed by atoms with E-state index in [9.17, 15) is 4.79 Å². The van der Waals surface area contributed by atoms with E-state index in [4.69, 9.17) is 0 Å². The van der Waals surface area contributed by atoms with Gasteiger partial charge in [-0.3, -0.25) is 14.8 Å². The van der Waals surface area contributed by atoms with Gasteiger partial charge in [0.1, 0.15) is 6.04 Å². The molecule has 0 spiro atoms. The fraction of sp³-hybridized carbons (Fsp3) is 0.474. The van der Waals surface area contributed by atoms with Crippen molar-refractivity contribution in [2.45, 2.75) is 33.2 Å². The van der Waals surface area contributed by atoms with Crippen LogP contribution in [0.4, 0.5) is 0 Å². The lowest BCUT2D eigenvalue weighted by atomic mass is 10.0. The summed E-state index contributed by atoms with van der Waals surface area (Å²) in [6, 6.07) is 7.90. The highest BCUT2D eigenvalue weighted by molar-refractivity contribution is 5.83. The van der Waals surface area contributed by atoms with Gasteiger partial charge in [0, 0.05) is 19.3 Å². The summed E-state index contributed by atoms with van der Waals surface area (Å²) >= 11 is 0. The van der Waals surface area contributed by atoms with Gasteiger partial charge in [-0.1, -0.05) is 29.8 Å². The average Bonchev–Trinajstić information content (AvgIpc) is 2.83. The summed E-state index contributed by atoms with van der Waals surface area (Å²) < 4.78 is 0. The highest BCUT2D eigenvalue weighted by Crippen LogP contribution is 2.22. The number of amides is 1. The van der Waals surface area contributed by atoms with Crippen LogP contribution < -0.4 is 0 Å². The maximum absolute atomic E-state index is 13.0. The first-order valence-corrected chi connectivity index (χ1v) is 8.29. The first-order valence-electron chi connectivity index (χ1n) is 8.29. The molecule has 1 heterocycles. The van der Waals surface area contributed by atoms with Crippen molar-refractivity contribution in [2.75, 3.05) is 27.7 Å². The molecular weight excluding hydrogens is 300 g/mol. The third kappa shape index (κ3) is 4.03. The summed E-state index contributed by atoms with van der Waals surface area (Å²) in [5, 5.41) is 7.22. The second-order valence-electron chi connectivity index (χ2n) is 6.70. The number of benzene rings is 1. The predicted octanol–water partition coefficient (Wildman–Crippen LogP) is 2.64. The second kappa shape index (κ2) is 7.62. The van der Waals surface area contributed by atoms with E-state index < -0.39 is 0 Å². The number of nitrogens with zero attached hydrogens (tertiary/aromatic N) is 3. The van der Waals surface area contributed by atoms with Crippen molar-refractivity contribution in [3.8, 4) is 0 Å². The van der Waals surface area contributed by atoms with Crippen LogP contribution in [0.15, 0.2) is 24.3 Å². The molecule has 0 radical (unpaired) electrons. The van der Waals surface area contributed by atoms with Crippen molar-refractivity contribution < 1.29 is 4.79 Å². The van der Waals surface area contributed by atoms with Gasteiger partial charge in [0.25, 0.3) is 0 Å². The fourth-order valence-electron chi connectivity index (χ4n) is 3.04. The zero-order chi connectivity index (χ0) is 17.9. The van der Waals surface area contributed by atoms with Gasteiger partial charge in [0.15, 0.2) is 0 Å². The number of aromatic nitrogens is 2. The minimum atomic E-state index is -0.263. The Labute approximate surface area is 144 Å². The number of H-pyrrole nitrogens is 1. The molecule has 0 saturated carbocycles. The number of hydrogen-bond acceptors (Lipinski definition) is 3. The van der Waals surface area contributed by atoms with E-state index >= 15 is 0 Å². The van der Waals surface area contributed by atoms with Crippen LogP contribution in [-0.4, -0.2) is 53.6 Å². The topological polar surface area (TPSA) is 52.2 Å². The number of carbonyl (C=O) groups excluding carboxylic acids is 1. The Balaban J connectivity index is 2.12. The molecule has 24 heavy (non-hydrogen) atoms. The largest absolute Gasteiger partial charge is 0.344 e. The summed E-state index contributed by atoms with van der Waals surface area (Å²) in [4.78, 5) is 16.8. The van der Waals surface area contributed by atoms with E-state index in [0.717, 1.165) is 23.4 Å². The van der Waals surface area contributed by atoms with Crippen LogP contribution in [0.1, 0.15) is 34.1 Å². The van der Waals surface area contributed by atoms with Crippen LogP contribution in [-0.2, 0) is 11.2 Å². The van der Waals surface area contributed by atoms with Gasteiger partial charge < -0.3 is 4.90 Å². The summed E-state index contributed by atoms with van der Waals surface area (Å²) in [6.45, 7) is 6.74. The predicted molar refractivity (Wildman–Crippen MR) is 97.0 cm³/mol. The minimum Gasteiger partial charge on any atom is -0.344 e. The molecule has 1 amide bonds. The highest BCUT2D eigenvalue weighted by atomic mass is 16.2. The Morgan fingerprint density at radius 2 is 1.92 bits per heavy atom. The standard InChI is InChI=1S/C19H28N4O/c1-13-8-7-9-16(12-13)18(22(4)5)19(24)23(6)11-10-17-14(2)20-21-15(17)3/h7-9,12,18H,10-11H2,1-6H3,(H,20,21)/t18-/m1/s1. The molecule has 2 aromatic rings. The number of nitrogens with one attached hydrogen (secondary N) is 1. The first kappa shape index (κ1) is 18.2. The Morgan fingerprint density at radius 3 is 2.46 bits per heavy atom. The monoisotopic (exact) mass is 328 g/mol. The molecule has 130 valence electrons. The van der Waals surface area contributed by atoms with E-state index in [-0.39, 0.29) is 11.9 Å². The molecule has 0 unspecified atom stereocenters. The van der Waals surface area contributed by atoms with E-state index in [1.54, 1.807) is 0 Å². The Hall–Kier alpha value is -2.14. The first-order chi connectivity index (χ1) is 11.3. The average molecular weight is 328 g/mol. The van der Waals surface area contributed by atoms with Crippen molar-refractivity contribution in [2.24, 2.45) is 0 Å². The molecule has 1 aromatic heterocycles. The molecule has 0 aliphatic rings.